The van der Waals surface area contributed by atoms with Crippen LogP contribution in [0.1, 0.15) is 18.1 Å². The average Bonchev–Trinajstić information content (AvgIpc) is 3.41. The van der Waals surface area contributed by atoms with Crippen molar-refractivity contribution in [3.63, 3.8) is 0 Å². The molecule has 0 aromatic heterocycles. The molecule has 0 spiro atoms. The molecule has 3 aromatic rings. The number of nitriles is 1. The molecule has 3 aromatic carbocycles. The van der Waals surface area contributed by atoms with E-state index in [0.717, 1.165) is 16.9 Å². The maximum absolute atomic E-state index is 13.9. The van der Waals surface area contributed by atoms with Crippen LogP contribution in [0.15, 0.2) is 86.6 Å². The lowest BCUT2D eigenvalue weighted by Crippen LogP contribution is -2.29. The van der Waals surface area contributed by atoms with Crippen molar-refractivity contribution in [2.45, 2.75) is 18.4 Å². The number of anilines is 2. The molecular formula is C27H22N6O3S2. The molecule has 1 N–H and O–H groups in total. The lowest BCUT2D eigenvalue weighted by Gasteiger charge is -2.17. The van der Waals surface area contributed by atoms with E-state index < -0.39 is 4.92 Å². The number of carbonyl (C=O) groups excluding carboxylic acids is 1. The zero-order valence-electron chi connectivity index (χ0n) is 20.5. The minimum absolute atomic E-state index is 0.00239. The van der Waals surface area contributed by atoms with Gasteiger partial charge in [-0.05, 0) is 48.5 Å². The van der Waals surface area contributed by atoms with Crippen LogP contribution in [-0.2, 0) is 11.3 Å². The van der Waals surface area contributed by atoms with Gasteiger partial charge in [0.1, 0.15) is 4.91 Å². The van der Waals surface area contributed by atoms with E-state index in [2.05, 4.69) is 11.4 Å². The van der Waals surface area contributed by atoms with E-state index in [0.29, 0.717) is 44.3 Å². The van der Waals surface area contributed by atoms with E-state index in [1.54, 1.807) is 23.1 Å². The molecule has 0 unspecified atom stereocenters. The van der Waals surface area contributed by atoms with Gasteiger partial charge < -0.3 is 10.2 Å². The summed E-state index contributed by atoms with van der Waals surface area (Å²) in [7, 11) is 1.84. The number of nitrogens with one attached hydrogen (secondary N) is 1. The molecule has 2 aliphatic heterocycles. The minimum Gasteiger partial charge on any atom is -0.384 e. The second-order valence-corrected chi connectivity index (χ2v) is 10.5. The van der Waals surface area contributed by atoms with E-state index >= 15 is 0 Å². The van der Waals surface area contributed by atoms with Crippen LogP contribution in [-0.4, -0.2) is 34.5 Å². The third-order valence-electron chi connectivity index (χ3n) is 5.98. The minimum atomic E-state index is -0.426. The second-order valence-electron chi connectivity index (χ2n) is 8.45. The average molecular weight is 543 g/mol. The fraction of sp³-hybridized carbons (Fsp3) is 0.148. The molecule has 0 bridgehead atoms. The maximum Gasteiger partial charge on any atom is 0.270 e. The Morgan fingerprint density at radius 3 is 2.61 bits per heavy atom. The van der Waals surface area contributed by atoms with Crippen LogP contribution in [0.4, 0.5) is 22.7 Å². The molecule has 2 aliphatic rings. The Hall–Kier alpha value is -4.27. The van der Waals surface area contributed by atoms with Gasteiger partial charge in [0.05, 0.1) is 45.2 Å². The number of thioether (sulfide) groups is 2. The van der Waals surface area contributed by atoms with E-state index in [1.165, 1.54) is 35.7 Å². The number of benzene rings is 3. The smallest absolute Gasteiger partial charge is 0.270 e. The molecular weight excluding hydrogens is 520 g/mol. The molecule has 11 heteroatoms. The lowest BCUT2D eigenvalue weighted by molar-refractivity contribution is -0.385. The van der Waals surface area contributed by atoms with Gasteiger partial charge in [-0.2, -0.15) is 5.26 Å². The van der Waals surface area contributed by atoms with Crippen molar-refractivity contribution in [1.82, 2.24) is 4.90 Å². The largest absolute Gasteiger partial charge is 0.384 e. The number of nitrogens with zero attached hydrogens (tertiary/aromatic N) is 5. The predicted molar refractivity (Wildman–Crippen MR) is 151 cm³/mol. The second kappa shape index (κ2) is 10.6. The van der Waals surface area contributed by atoms with Crippen molar-refractivity contribution in [2.75, 3.05) is 23.8 Å². The Bertz CT molecular complexity index is 1550. The topological polar surface area (TPSA) is 115 Å². The summed E-state index contributed by atoms with van der Waals surface area (Å²) >= 11 is 2.60. The zero-order chi connectivity index (χ0) is 26.8. The third-order valence-corrected chi connectivity index (χ3v) is 8.39. The molecule has 5 rings (SSSR count). The monoisotopic (exact) mass is 542 g/mol. The van der Waals surface area contributed by atoms with Crippen LogP contribution in [0.5, 0.6) is 0 Å². The molecule has 1 saturated heterocycles. The van der Waals surface area contributed by atoms with Gasteiger partial charge in [0.15, 0.2) is 5.17 Å². The first-order valence-electron chi connectivity index (χ1n) is 11.7. The van der Waals surface area contributed by atoms with Gasteiger partial charge in [-0.15, -0.1) is 0 Å². The molecule has 0 saturated carbocycles. The zero-order valence-corrected chi connectivity index (χ0v) is 22.2. The molecule has 1 fully saturated rings. The standard InChI is InChI=1S/C27H22N6O3S2/c1-3-29-20-11-9-18(15-28)13-21(20)30-27-32(16-17-7-5-4-6-8-17)25(34)24(38-27)26-31(2)22-12-10-19(33(35)36)14-23(22)37-26/h4-14,29H,3,16H2,1-2H3/b26-24-,30-27?. The third kappa shape index (κ3) is 4.83. The Morgan fingerprint density at radius 2 is 1.89 bits per heavy atom. The molecule has 2 heterocycles. The number of hydrogen-bond donors (Lipinski definition) is 1. The molecule has 9 nitrogen and oxygen atoms in total. The summed E-state index contributed by atoms with van der Waals surface area (Å²) in [6, 6.07) is 21.7. The van der Waals surface area contributed by atoms with Gasteiger partial charge in [-0.3, -0.25) is 19.8 Å². The van der Waals surface area contributed by atoms with E-state index in [1.807, 2.05) is 55.3 Å². The molecule has 1 amide bonds. The van der Waals surface area contributed by atoms with Gasteiger partial charge in [-0.1, -0.05) is 42.1 Å². The number of rotatable bonds is 6. The lowest BCUT2D eigenvalue weighted by atomic mass is 10.2. The Labute approximate surface area is 228 Å². The number of nitro groups is 1. The first kappa shape index (κ1) is 25.4. The van der Waals surface area contributed by atoms with Crippen LogP contribution >= 0.6 is 23.5 Å². The maximum atomic E-state index is 13.9. The summed E-state index contributed by atoms with van der Waals surface area (Å²) in [5, 5.41) is 25.2. The molecule has 190 valence electrons. The molecule has 0 aliphatic carbocycles. The molecule has 38 heavy (non-hydrogen) atoms. The molecule has 0 atom stereocenters. The highest BCUT2D eigenvalue weighted by Gasteiger charge is 2.39. The summed E-state index contributed by atoms with van der Waals surface area (Å²) in [5.41, 5.74) is 3.55. The van der Waals surface area contributed by atoms with Gasteiger partial charge >= 0.3 is 0 Å². The highest BCUT2D eigenvalue weighted by atomic mass is 32.2. The fourth-order valence-electron chi connectivity index (χ4n) is 4.12. The Balaban J connectivity index is 1.59. The van der Waals surface area contributed by atoms with Gasteiger partial charge in [0.2, 0.25) is 0 Å². The number of amides is 1. The summed E-state index contributed by atoms with van der Waals surface area (Å²) in [6.45, 7) is 2.97. The van der Waals surface area contributed by atoms with E-state index in [-0.39, 0.29) is 11.6 Å². The van der Waals surface area contributed by atoms with Crippen molar-refractivity contribution >= 4 is 57.3 Å². The number of amidine groups is 1. The highest BCUT2D eigenvalue weighted by Crippen LogP contribution is 2.51. The summed E-state index contributed by atoms with van der Waals surface area (Å²) < 4.78 is 0. The number of hydrogen-bond acceptors (Lipinski definition) is 9. The number of fused-ring (bicyclic) bond motifs is 1. The van der Waals surface area contributed by atoms with Crippen molar-refractivity contribution in [3.8, 4) is 6.07 Å². The number of non-ortho nitro benzene ring substituents is 1. The SMILES string of the molecule is CCNc1ccc(C#N)cc1N=C1S/C(=C2\Sc3cc([N+](=O)[O-])ccc3N2C)C(=O)N1Cc1ccccc1. The quantitative estimate of drug-likeness (QED) is 0.227. The van der Waals surface area contributed by atoms with Crippen molar-refractivity contribution in [3.05, 3.63) is 97.9 Å². The highest BCUT2D eigenvalue weighted by molar-refractivity contribution is 8.19. The van der Waals surface area contributed by atoms with Crippen LogP contribution in [0.2, 0.25) is 0 Å². The van der Waals surface area contributed by atoms with E-state index in [9.17, 15) is 20.2 Å². The number of nitro benzene ring substituents is 1. The number of carbonyl (C=O) groups is 1. The van der Waals surface area contributed by atoms with Crippen molar-refractivity contribution < 1.29 is 9.72 Å². The predicted octanol–water partition coefficient (Wildman–Crippen LogP) is 6.07. The number of aliphatic imine (C=N–C) groups is 1. The van der Waals surface area contributed by atoms with Crippen molar-refractivity contribution in [2.24, 2.45) is 4.99 Å². The van der Waals surface area contributed by atoms with E-state index in [4.69, 9.17) is 4.99 Å². The first-order valence-corrected chi connectivity index (χ1v) is 13.4. The Kier molecular flexibility index (Phi) is 7.09. The van der Waals surface area contributed by atoms with Crippen LogP contribution in [0, 0.1) is 21.4 Å². The van der Waals surface area contributed by atoms with Crippen LogP contribution in [0.25, 0.3) is 0 Å². The first-order chi connectivity index (χ1) is 18.4. The molecule has 0 radical (unpaired) electrons. The summed E-state index contributed by atoms with van der Waals surface area (Å²) in [4.78, 5) is 34.3. The van der Waals surface area contributed by atoms with Crippen LogP contribution in [0.3, 0.4) is 0 Å². The summed E-state index contributed by atoms with van der Waals surface area (Å²) in [5.74, 6) is -0.198. The van der Waals surface area contributed by atoms with Gasteiger partial charge in [0.25, 0.3) is 11.6 Å². The normalized spacial score (nSPS) is 17.6. The summed E-state index contributed by atoms with van der Waals surface area (Å²) in [6.07, 6.45) is 0. The fourth-order valence-corrected chi connectivity index (χ4v) is 6.48. The Morgan fingerprint density at radius 1 is 1.11 bits per heavy atom. The van der Waals surface area contributed by atoms with Crippen molar-refractivity contribution in [1.29, 1.82) is 5.26 Å². The van der Waals surface area contributed by atoms with Gasteiger partial charge in [0, 0.05) is 30.6 Å². The van der Waals surface area contributed by atoms with Gasteiger partial charge in [-0.25, -0.2) is 4.99 Å². The van der Waals surface area contributed by atoms with Crippen LogP contribution < -0.4 is 10.2 Å².